The number of esters is 1. The Hall–Kier alpha value is -3.43. The molecular weight excluding hydrogens is 356 g/mol. The first-order valence-corrected chi connectivity index (χ1v) is 8.19. The molecule has 1 aromatic heterocycles. The number of benzene rings is 1. The molecule has 0 aliphatic carbocycles. The second-order valence-corrected chi connectivity index (χ2v) is 5.92. The lowest BCUT2D eigenvalue weighted by molar-refractivity contribution is -0.384. The number of nitro benzene ring substituents is 1. The van der Waals surface area contributed by atoms with Crippen molar-refractivity contribution in [1.29, 1.82) is 0 Å². The molecule has 1 amide bonds. The molecule has 0 unspecified atom stereocenters. The van der Waals surface area contributed by atoms with Gasteiger partial charge in [-0.1, -0.05) is 0 Å². The average Bonchev–Trinajstić information content (AvgIpc) is 3.08. The van der Waals surface area contributed by atoms with Crippen molar-refractivity contribution in [1.82, 2.24) is 9.78 Å². The van der Waals surface area contributed by atoms with Crippen molar-refractivity contribution < 1.29 is 24.0 Å². The van der Waals surface area contributed by atoms with Crippen LogP contribution in [0.1, 0.15) is 26.8 Å². The van der Waals surface area contributed by atoms with E-state index in [0.29, 0.717) is 5.82 Å². The minimum atomic E-state index is -1.03. The lowest BCUT2D eigenvalue weighted by Gasteiger charge is -2.16. The number of amides is 1. The fourth-order valence-electron chi connectivity index (χ4n) is 2.14. The molecule has 144 valence electrons. The van der Waals surface area contributed by atoms with Crippen molar-refractivity contribution >= 4 is 23.4 Å². The second kappa shape index (κ2) is 8.79. The summed E-state index contributed by atoms with van der Waals surface area (Å²) in [6.45, 7) is 4.85. The summed E-state index contributed by atoms with van der Waals surface area (Å²) < 4.78 is 11.9. The Bertz CT molecular complexity index is 815. The van der Waals surface area contributed by atoms with Gasteiger partial charge in [0.2, 0.25) is 0 Å². The molecule has 0 aliphatic heterocycles. The molecule has 27 heavy (non-hydrogen) atoms. The van der Waals surface area contributed by atoms with Gasteiger partial charge in [0, 0.05) is 24.2 Å². The van der Waals surface area contributed by atoms with Crippen molar-refractivity contribution in [2.75, 3.05) is 11.9 Å². The van der Waals surface area contributed by atoms with Gasteiger partial charge in [-0.3, -0.25) is 14.9 Å². The molecular formula is C17H20N4O6. The fraction of sp³-hybridized carbons (Fsp3) is 0.353. The number of nitrogens with one attached hydrogen (secondary N) is 1. The molecule has 0 radical (unpaired) electrons. The Morgan fingerprint density at radius 3 is 2.48 bits per heavy atom. The summed E-state index contributed by atoms with van der Waals surface area (Å²) in [5, 5.41) is 17.3. The number of nitro groups is 1. The van der Waals surface area contributed by atoms with E-state index in [2.05, 4.69) is 10.4 Å². The molecule has 1 heterocycles. The summed E-state index contributed by atoms with van der Waals surface area (Å²) in [5.74, 6) is -0.468. The highest BCUT2D eigenvalue weighted by atomic mass is 16.6. The van der Waals surface area contributed by atoms with Gasteiger partial charge < -0.3 is 14.8 Å². The van der Waals surface area contributed by atoms with Crippen LogP contribution in [0.5, 0.6) is 5.75 Å². The summed E-state index contributed by atoms with van der Waals surface area (Å²) in [4.78, 5) is 34.0. The molecule has 10 heteroatoms. The van der Waals surface area contributed by atoms with E-state index in [4.69, 9.17) is 9.47 Å². The number of carbonyl (C=O) groups excluding carboxylic acids is 2. The van der Waals surface area contributed by atoms with E-state index in [-0.39, 0.29) is 17.5 Å². The zero-order chi connectivity index (χ0) is 20.0. The number of aromatic nitrogens is 2. The third kappa shape index (κ3) is 5.53. The molecule has 0 bridgehead atoms. The van der Waals surface area contributed by atoms with Crippen molar-refractivity contribution in [3.63, 3.8) is 0 Å². The van der Waals surface area contributed by atoms with E-state index in [1.165, 1.54) is 31.2 Å². The summed E-state index contributed by atoms with van der Waals surface area (Å²) in [5.41, 5.74) is -0.0872. The Balaban J connectivity index is 1.83. The number of hydrogen-bond donors (Lipinski definition) is 1. The van der Waals surface area contributed by atoms with Crippen LogP contribution in [-0.4, -0.2) is 39.3 Å². The van der Waals surface area contributed by atoms with Crippen LogP contribution < -0.4 is 10.1 Å². The van der Waals surface area contributed by atoms with Gasteiger partial charge in [-0.15, -0.1) is 0 Å². The third-order valence-electron chi connectivity index (χ3n) is 3.49. The van der Waals surface area contributed by atoms with Gasteiger partial charge in [-0.2, -0.15) is 5.10 Å². The molecule has 2 aromatic rings. The fourth-order valence-corrected chi connectivity index (χ4v) is 2.14. The van der Waals surface area contributed by atoms with E-state index in [1.807, 2.05) is 13.8 Å². The number of hydrogen-bond acceptors (Lipinski definition) is 7. The lowest BCUT2D eigenvalue weighted by Crippen LogP contribution is -2.32. The van der Waals surface area contributed by atoms with Crippen LogP contribution in [0.3, 0.4) is 0 Å². The smallest absolute Gasteiger partial charge is 0.344 e. The Morgan fingerprint density at radius 2 is 1.89 bits per heavy atom. The molecule has 0 aliphatic rings. The highest BCUT2D eigenvalue weighted by Gasteiger charge is 2.20. The molecule has 0 saturated heterocycles. The number of rotatable bonds is 8. The maximum atomic E-state index is 12.2. The summed E-state index contributed by atoms with van der Waals surface area (Å²) in [6.07, 6.45) is 0.526. The summed E-state index contributed by atoms with van der Waals surface area (Å²) >= 11 is 0. The van der Waals surface area contributed by atoms with Gasteiger partial charge in [0.15, 0.2) is 12.7 Å². The minimum Gasteiger partial charge on any atom is -0.482 e. The van der Waals surface area contributed by atoms with Crippen molar-refractivity contribution in [3.8, 4) is 5.75 Å². The minimum absolute atomic E-state index is 0.0586. The van der Waals surface area contributed by atoms with E-state index >= 15 is 0 Å². The van der Waals surface area contributed by atoms with Crippen LogP contribution in [0.4, 0.5) is 11.5 Å². The molecule has 1 atom stereocenters. The molecule has 0 fully saturated rings. The molecule has 1 aromatic carbocycles. The van der Waals surface area contributed by atoms with Gasteiger partial charge in [0.05, 0.1) is 11.1 Å². The van der Waals surface area contributed by atoms with E-state index in [0.717, 1.165) is 0 Å². The SMILES string of the molecule is CC(C)n1nccc1NC(=O)[C@H](C)OC(=O)COc1ccc([N+](=O)[O-])cc1. The van der Waals surface area contributed by atoms with Crippen LogP contribution in [0.25, 0.3) is 0 Å². The first-order chi connectivity index (χ1) is 12.8. The third-order valence-corrected chi connectivity index (χ3v) is 3.49. The zero-order valence-electron chi connectivity index (χ0n) is 15.1. The predicted molar refractivity (Wildman–Crippen MR) is 95.4 cm³/mol. The predicted octanol–water partition coefficient (Wildman–Crippen LogP) is 2.32. The highest BCUT2D eigenvalue weighted by Crippen LogP contribution is 2.17. The van der Waals surface area contributed by atoms with Gasteiger partial charge >= 0.3 is 5.97 Å². The largest absolute Gasteiger partial charge is 0.482 e. The topological polar surface area (TPSA) is 126 Å². The number of carbonyl (C=O) groups is 2. The van der Waals surface area contributed by atoms with Gasteiger partial charge in [-0.05, 0) is 32.9 Å². The molecule has 0 saturated carbocycles. The maximum Gasteiger partial charge on any atom is 0.344 e. The Kier molecular flexibility index (Phi) is 6.47. The number of ether oxygens (including phenoxy) is 2. The zero-order valence-corrected chi connectivity index (χ0v) is 15.1. The number of non-ortho nitro benzene ring substituents is 1. The first-order valence-electron chi connectivity index (χ1n) is 8.19. The van der Waals surface area contributed by atoms with Gasteiger partial charge in [-0.25, -0.2) is 9.48 Å². The average molecular weight is 376 g/mol. The normalized spacial score (nSPS) is 11.7. The van der Waals surface area contributed by atoms with Gasteiger partial charge in [0.1, 0.15) is 11.6 Å². The van der Waals surface area contributed by atoms with Crippen LogP contribution in [-0.2, 0) is 14.3 Å². The maximum absolute atomic E-state index is 12.2. The molecule has 1 N–H and O–H groups in total. The second-order valence-electron chi connectivity index (χ2n) is 5.92. The van der Waals surface area contributed by atoms with Crippen LogP contribution in [0, 0.1) is 10.1 Å². The molecule has 2 rings (SSSR count). The monoisotopic (exact) mass is 376 g/mol. The summed E-state index contributed by atoms with van der Waals surface area (Å²) in [7, 11) is 0. The highest BCUT2D eigenvalue weighted by molar-refractivity contribution is 5.94. The van der Waals surface area contributed by atoms with Gasteiger partial charge in [0.25, 0.3) is 11.6 Å². The van der Waals surface area contributed by atoms with Crippen molar-refractivity contribution in [2.24, 2.45) is 0 Å². The van der Waals surface area contributed by atoms with Crippen molar-refractivity contribution in [3.05, 3.63) is 46.6 Å². The molecule has 0 spiro atoms. The van der Waals surface area contributed by atoms with Crippen molar-refractivity contribution in [2.45, 2.75) is 32.9 Å². The van der Waals surface area contributed by atoms with E-state index in [9.17, 15) is 19.7 Å². The summed E-state index contributed by atoms with van der Waals surface area (Å²) in [6, 6.07) is 6.96. The number of nitrogens with zero attached hydrogens (tertiary/aromatic N) is 3. The first kappa shape index (κ1) is 19.9. The standard InChI is InChI=1S/C17H20N4O6/c1-11(2)20-15(8-9-18-20)19-17(23)12(3)27-16(22)10-26-14-6-4-13(5-7-14)21(24)25/h4-9,11-12H,10H2,1-3H3,(H,19,23)/t12-/m0/s1. The van der Waals surface area contributed by atoms with Crippen LogP contribution in [0.15, 0.2) is 36.5 Å². The lowest BCUT2D eigenvalue weighted by atomic mass is 10.3. The van der Waals surface area contributed by atoms with Crippen LogP contribution in [0.2, 0.25) is 0 Å². The quantitative estimate of drug-likeness (QED) is 0.426. The van der Waals surface area contributed by atoms with E-state index in [1.54, 1.807) is 16.9 Å². The Labute approximate surface area is 155 Å². The molecule has 10 nitrogen and oxygen atoms in total. The Morgan fingerprint density at radius 1 is 1.22 bits per heavy atom. The van der Waals surface area contributed by atoms with E-state index < -0.39 is 29.5 Å². The van der Waals surface area contributed by atoms with Crippen LogP contribution >= 0.6 is 0 Å². The number of anilines is 1.